The second-order valence-corrected chi connectivity index (χ2v) is 7.48. The van der Waals surface area contributed by atoms with Crippen LogP contribution in [0.4, 0.5) is 15.6 Å². The number of nitrogens with one attached hydrogen (secondary N) is 2. The molecule has 1 aromatic heterocycles. The lowest BCUT2D eigenvalue weighted by Crippen LogP contribution is -2.19. The zero-order chi connectivity index (χ0) is 18.9. The second-order valence-electron chi connectivity index (χ2n) is 5.16. The molecular weight excluding hydrogens is 384 g/mol. The summed E-state index contributed by atoms with van der Waals surface area (Å²) in [4.78, 5) is 12.1. The largest absolute Gasteiger partial charge is 0.495 e. The van der Waals surface area contributed by atoms with E-state index in [1.807, 2.05) is 42.5 Å². The van der Waals surface area contributed by atoms with Gasteiger partial charge in [0.2, 0.25) is 5.13 Å². The molecule has 0 fully saturated rings. The van der Waals surface area contributed by atoms with E-state index in [9.17, 15) is 4.79 Å². The van der Waals surface area contributed by atoms with Crippen molar-refractivity contribution in [1.82, 2.24) is 10.2 Å². The monoisotopic (exact) mass is 402 g/mol. The number of nitrogens with zero attached hydrogens (tertiary/aromatic N) is 2. The van der Waals surface area contributed by atoms with Crippen molar-refractivity contribution in [2.45, 2.75) is 4.34 Å². The number of anilines is 2. The lowest BCUT2D eigenvalue weighted by atomic mass is 10.3. The number of carbonyl (C=O) groups excluding carboxylic acids is 1. The molecule has 0 unspecified atom stereocenters. The van der Waals surface area contributed by atoms with E-state index in [1.54, 1.807) is 19.2 Å². The Labute approximate surface area is 165 Å². The van der Waals surface area contributed by atoms with Crippen LogP contribution in [0.5, 0.6) is 11.5 Å². The Kier molecular flexibility index (Phi) is 6.89. The quantitative estimate of drug-likeness (QED) is 0.331. The number of amides is 2. The van der Waals surface area contributed by atoms with Gasteiger partial charge in [-0.15, -0.1) is 10.2 Å². The predicted octanol–water partition coefficient (Wildman–Crippen LogP) is 4.36. The Morgan fingerprint density at radius 2 is 1.85 bits per heavy atom. The molecule has 2 aromatic carbocycles. The fourth-order valence-corrected chi connectivity index (χ4v) is 3.76. The first-order valence-electron chi connectivity index (χ1n) is 8.10. The predicted molar refractivity (Wildman–Crippen MR) is 108 cm³/mol. The number of hydrogen-bond acceptors (Lipinski definition) is 7. The Hall–Kier alpha value is -2.78. The zero-order valence-corrected chi connectivity index (χ0v) is 16.2. The summed E-state index contributed by atoms with van der Waals surface area (Å²) in [5, 5.41) is 13.9. The molecule has 140 valence electrons. The van der Waals surface area contributed by atoms with E-state index >= 15 is 0 Å². The maximum Gasteiger partial charge on any atom is 0.325 e. The van der Waals surface area contributed by atoms with E-state index in [1.165, 1.54) is 23.1 Å². The van der Waals surface area contributed by atoms with Gasteiger partial charge in [0.1, 0.15) is 11.5 Å². The fraction of sp³-hybridized carbons (Fsp3) is 0.167. The lowest BCUT2D eigenvalue weighted by Gasteiger charge is -2.09. The number of aromatic nitrogens is 2. The smallest absolute Gasteiger partial charge is 0.325 e. The first-order valence-corrected chi connectivity index (χ1v) is 9.90. The van der Waals surface area contributed by atoms with Gasteiger partial charge in [-0.05, 0) is 24.3 Å². The van der Waals surface area contributed by atoms with E-state index in [2.05, 4.69) is 20.8 Å². The fourth-order valence-electron chi connectivity index (χ4n) is 2.12. The summed E-state index contributed by atoms with van der Waals surface area (Å²) >= 11 is 2.84. The van der Waals surface area contributed by atoms with Crippen molar-refractivity contribution in [3.05, 3.63) is 54.6 Å². The van der Waals surface area contributed by atoms with Gasteiger partial charge >= 0.3 is 6.03 Å². The highest BCUT2D eigenvalue weighted by molar-refractivity contribution is 8.01. The molecule has 0 aliphatic rings. The van der Waals surface area contributed by atoms with Gasteiger partial charge in [0, 0.05) is 5.75 Å². The molecule has 0 aliphatic carbocycles. The number of hydrogen-bond donors (Lipinski definition) is 2. The minimum atomic E-state index is -0.403. The third-order valence-corrected chi connectivity index (χ3v) is 5.24. The van der Waals surface area contributed by atoms with Crippen LogP contribution < -0.4 is 20.1 Å². The van der Waals surface area contributed by atoms with Crippen LogP contribution in [0.1, 0.15) is 0 Å². The summed E-state index contributed by atoms with van der Waals surface area (Å²) in [6, 6.07) is 16.4. The van der Waals surface area contributed by atoms with Gasteiger partial charge < -0.3 is 14.8 Å². The van der Waals surface area contributed by atoms with Crippen LogP contribution in [0.25, 0.3) is 0 Å². The molecule has 3 rings (SSSR count). The summed E-state index contributed by atoms with van der Waals surface area (Å²) in [6.07, 6.45) is 0. The average molecular weight is 403 g/mol. The molecule has 3 aromatic rings. The molecule has 0 atom stereocenters. The molecule has 0 bridgehead atoms. The van der Waals surface area contributed by atoms with Crippen LogP contribution >= 0.6 is 23.1 Å². The van der Waals surface area contributed by atoms with Crippen LogP contribution in [0.3, 0.4) is 0 Å². The SMILES string of the molecule is COc1ccccc1NC(=O)Nc1nnc(SCCOc2ccccc2)s1. The number of benzene rings is 2. The van der Waals surface area contributed by atoms with Crippen LogP contribution in [0.2, 0.25) is 0 Å². The molecule has 0 radical (unpaired) electrons. The number of ether oxygens (including phenoxy) is 2. The van der Waals surface area contributed by atoms with Crippen LogP contribution in [0.15, 0.2) is 58.9 Å². The number of thioether (sulfide) groups is 1. The maximum atomic E-state index is 12.1. The van der Waals surface area contributed by atoms with E-state index in [0.29, 0.717) is 23.2 Å². The van der Waals surface area contributed by atoms with Gasteiger partial charge in [0.15, 0.2) is 4.34 Å². The average Bonchev–Trinajstić information content (AvgIpc) is 3.13. The van der Waals surface area contributed by atoms with Crippen LogP contribution in [-0.4, -0.2) is 35.7 Å². The minimum Gasteiger partial charge on any atom is -0.495 e. The number of urea groups is 1. The molecule has 27 heavy (non-hydrogen) atoms. The van der Waals surface area contributed by atoms with Crippen LogP contribution in [-0.2, 0) is 0 Å². The molecule has 1 heterocycles. The maximum absolute atomic E-state index is 12.1. The summed E-state index contributed by atoms with van der Waals surface area (Å²) in [7, 11) is 1.55. The van der Waals surface area contributed by atoms with Crippen molar-refractivity contribution in [3.63, 3.8) is 0 Å². The van der Waals surface area contributed by atoms with E-state index in [4.69, 9.17) is 9.47 Å². The van der Waals surface area contributed by atoms with Gasteiger partial charge in [0.05, 0.1) is 19.4 Å². The van der Waals surface area contributed by atoms with Crippen molar-refractivity contribution in [1.29, 1.82) is 0 Å². The van der Waals surface area contributed by atoms with Gasteiger partial charge in [-0.2, -0.15) is 0 Å². The Balaban J connectivity index is 1.44. The van der Waals surface area contributed by atoms with Crippen molar-refractivity contribution < 1.29 is 14.3 Å². The standard InChI is InChI=1S/C18H18N4O3S2/c1-24-15-10-6-5-9-14(15)19-16(23)20-17-21-22-18(27-17)26-12-11-25-13-7-3-2-4-8-13/h2-10H,11-12H2,1H3,(H2,19,20,21,23). The molecule has 9 heteroatoms. The first kappa shape index (κ1) is 19.0. The molecule has 0 saturated heterocycles. The highest BCUT2D eigenvalue weighted by Crippen LogP contribution is 2.26. The summed E-state index contributed by atoms with van der Waals surface area (Å²) in [5.74, 6) is 2.15. The van der Waals surface area contributed by atoms with Gasteiger partial charge in [-0.3, -0.25) is 5.32 Å². The van der Waals surface area contributed by atoms with Crippen LogP contribution in [0, 0.1) is 0 Å². The number of rotatable bonds is 8. The Morgan fingerprint density at radius 1 is 1.07 bits per heavy atom. The number of methoxy groups -OCH3 is 1. The topological polar surface area (TPSA) is 85.4 Å². The van der Waals surface area contributed by atoms with Crippen molar-refractivity contribution in [3.8, 4) is 11.5 Å². The third-order valence-electron chi connectivity index (χ3n) is 3.30. The van der Waals surface area contributed by atoms with E-state index in [-0.39, 0.29) is 0 Å². The minimum absolute atomic E-state index is 0.403. The number of para-hydroxylation sites is 3. The number of carbonyl (C=O) groups is 1. The van der Waals surface area contributed by atoms with Crippen molar-refractivity contribution in [2.24, 2.45) is 0 Å². The summed E-state index contributed by atoms with van der Waals surface area (Å²) in [6.45, 7) is 0.561. The Bertz CT molecular complexity index is 874. The normalized spacial score (nSPS) is 10.3. The van der Waals surface area contributed by atoms with Gasteiger partial charge in [0.25, 0.3) is 0 Å². The molecule has 7 nitrogen and oxygen atoms in total. The van der Waals surface area contributed by atoms with E-state index in [0.717, 1.165) is 15.8 Å². The molecule has 0 aliphatic heterocycles. The molecule has 0 saturated carbocycles. The second kappa shape index (κ2) is 9.79. The molecule has 0 spiro atoms. The molecule has 2 N–H and O–H groups in total. The zero-order valence-electron chi connectivity index (χ0n) is 14.5. The van der Waals surface area contributed by atoms with Gasteiger partial charge in [-0.25, -0.2) is 4.79 Å². The molecule has 2 amide bonds. The third kappa shape index (κ3) is 5.87. The Morgan fingerprint density at radius 3 is 2.67 bits per heavy atom. The highest BCUT2D eigenvalue weighted by atomic mass is 32.2. The van der Waals surface area contributed by atoms with E-state index < -0.39 is 6.03 Å². The van der Waals surface area contributed by atoms with Gasteiger partial charge in [-0.1, -0.05) is 53.4 Å². The lowest BCUT2D eigenvalue weighted by molar-refractivity contribution is 0.262. The summed E-state index contributed by atoms with van der Waals surface area (Å²) in [5.41, 5.74) is 0.578. The van der Waals surface area contributed by atoms with Crippen molar-refractivity contribution >= 4 is 39.9 Å². The molecular formula is C18H18N4O3S2. The first-order chi connectivity index (χ1) is 13.2. The van der Waals surface area contributed by atoms with Crippen molar-refractivity contribution in [2.75, 3.05) is 30.1 Å². The highest BCUT2D eigenvalue weighted by Gasteiger charge is 2.10. The summed E-state index contributed by atoms with van der Waals surface area (Å²) < 4.78 is 11.6.